The van der Waals surface area contributed by atoms with Gasteiger partial charge >= 0.3 is 5.82 Å². The number of hydrogen-bond acceptors (Lipinski definition) is 6. The van der Waals surface area contributed by atoms with E-state index in [1.165, 1.54) is 6.07 Å². The number of nitrogens with zero attached hydrogens (tertiary/aromatic N) is 3. The lowest BCUT2D eigenvalue weighted by Crippen LogP contribution is -2.38. The Balaban J connectivity index is 1.58. The summed E-state index contributed by atoms with van der Waals surface area (Å²) in [6, 6.07) is 3.18. The summed E-state index contributed by atoms with van der Waals surface area (Å²) in [5.41, 5.74) is 0.917. The molecule has 0 aliphatic carbocycles. The Kier molecular flexibility index (Phi) is 3.41. The van der Waals surface area contributed by atoms with Gasteiger partial charge in [0.2, 0.25) is 6.29 Å². The van der Waals surface area contributed by atoms with Crippen LogP contribution in [0.4, 0.5) is 11.5 Å². The average molecular weight is 277 g/mol. The molecule has 0 spiro atoms. The molecular weight excluding hydrogens is 262 g/mol. The minimum absolute atomic E-state index is 0.123. The topological polar surface area (TPSA) is 77.7 Å². The molecule has 7 nitrogen and oxygen atoms in total. The second-order valence-corrected chi connectivity index (χ2v) is 4.87. The van der Waals surface area contributed by atoms with Crippen LogP contribution in [0.3, 0.4) is 0 Å². The largest absolute Gasteiger partial charge is 0.459 e. The van der Waals surface area contributed by atoms with E-state index in [1.807, 2.05) is 0 Å². The van der Waals surface area contributed by atoms with E-state index in [4.69, 9.17) is 9.47 Å². The fourth-order valence-corrected chi connectivity index (χ4v) is 2.58. The smallest absolute Gasteiger partial charge is 0.363 e. The van der Waals surface area contributed by atoms with Crippen molar-refractivity contribution in [2.24, 2.45) is 5.92 Å². The van der Waals surface area contributed by atoms with Gasteiger partial charge in [-0.1, -0.05) is 0 Å². The molecule has 0 unspecified atom stereocenters. The first-order chi connectivity index (χ1) is 9.74. The van der Waals surface area contributed by atoms with Gasteiger partial charge in [0.25, 0.3) is 0 Å². The van der Waals surface area contributed by atoms with Gasteiger partial charge in [-0.15, -0.1) is 0 Å². The zero-order chi connectivity index (χ0) is 13.9. The van der Waals surface area contributed by atoms with E-state index >= 15 is 0 Å². The summed E-state index contributed by atoms with van der Waals surface area (Å²) < 4.78 is 10.7. The standard InChI is InChI=1S/C13H15N3O4/c17-16(18)12-2-1-11(9-14-12)15-5-3-10(4-6-15)13-19-7-8-20-13/h1-2,7-10,13H,3-6H2. The zero-order valence-corrected chi connectivity index (χ0v) is 10.8. The van der Waals surface area contributed by atoms with Crippen LogP contribution in [0.2, 0.25) is 0 Å². The predicted molar refractivity (Wildman–Crippen MR) is 70.9 cm³/mol. The van der Waals surface area contributed by atoms with Crippen LogP contribution in [0.25, 0.3) is 0 Å². The first-order valence-corrected chi connectivity index (χ1v) is 6.55. The Morgan fingerprint density at radius 2 is 1.95 bits per heavy atom. The summed E-state index contributed by atoms with van der Waals surface area (Å²) in [5, 5.41) is 10.6. The summed E-state index contributed by atoms with van der Waals surface area (Å²) in [6.45, 7) is 1.74. The zero-order valence-electron chi connectivity index (χ0n) is 10.8. The van der Waals surface area contributed by atoms with Crippen molar-refractivity contribution in [1.82, 2.24) is 4.98 Å². The maximum absolute atomic E-state index is 10.6. The average Bonchev–Trinajstić information content (AvgIpc) is 3.02. The number of aromatic nitrogens is 1. The molecule has 1 fully saturated rings. The molecule has 7 heteroatoms. The highest BCUT2D eigenvalue weighted by Gasteiger charge is 2.30. The number of pyridine rings is 1. The molecule has 3 heterocycles. The van der Waals surface area contributed by atoms with Crippen LogP contribution in [0.15, 0.2) is 30.9 Å². The molecule has 0 N–H and O–H groups in total. The van der Waals surface area contributed by atoms with E-state index in [-0.39, 0.29) is 12.1 Å². The highest BCUT2D eigenvalue weighted by molar-refractivity contribution is 5.46. The van der Waals surface area contributed by atoms with Gasteiger partial charge in [-0.2, -0.15) is 0 Å². The van der Waals surface area contributed by atoms with Crippen molar-refractivity contribution in [3.05, 3.63) is 41.0 Å². The third-order valence-corrected chi connectivity index (χ3v) is 3.69. The maximum Gasteiger partial charge on any atom is 0.363 e. The molecule has 1 aromatic rings. The normalized spacial score (nSPS) is 19.7. The highest BCUT2D eigenvalue weighted by Crippen LogP contribution is 2.28. The monoisotopic (exact) mass is 277 g/mol. The fourth-order valence-electron chi connectivity index (χ4n) is 2.58. The van der Waals surface area contributed by atoms with Gasteiger partial charge in [-0.25, -0.2) is 0 Å². The van der Waals surface area contributed by atoms with Gasteiger partial charge in [-0.3, -0.25) is 0 Å². The number of piperidine rings is 1. The molecule has 0 atom stereocenters. The second-order valence-electron chi connectivity index (χ2n) is 4.87. The third kappa shape index (κ3) is 2.52. The van der Waals surface area contributed by atoms with Gasteiger partial charge in [0.05, 0.1) is 5.69 Å². The van der Waals surface area contributed by atoms with Crippen molar-refractivity contribution < 1.29 is 14.4 Å². The number of hydrogen-bond donors (Lipinski definition) is 0. The van der Waals surface area contributed by atoms with E-state index in [1.54, 1.807) is 24.8 Å². The molecule has 2 aliphatic heterocycles. The van der Waals surface area contributed by atoms with Gasteiger partial charge in [-0.05, 0) is 28.8 Å². The molecule has 0 aromatic carbocycles. The molecule has 0 amide bonds. The van der Waals surface area contributed by atoms with E-state index in [0.717, 1.165) is 31.6 Å². The Hall–Kier alpha value is -2.31. The Labute approximate surface area is 116 Å². The number of anilines is 1. The summed E-state index contributed by atoms with van der Waals surface area (Å²) in [7, 11) is 0. The molecule has 106 valence electrons. The van der Waals surface area contributed by atoms with E-state index in [2.05, 4.69) is 9.88 Å². The Morgan fingerprint density at radius 1 is 1.25 bits per heavy atom. The third-order valence-electron chi connectivity index (χ3n) is 3.69. The Morgan fingerprint density at radius 3 is 2.50 bits per heavy atom. The summed E-state index contributed by atoms with van der Waals surface area (Å²) in [6.07, 6.45) is 6.48. The van der Waals surface area contributed by atoms with Crippen molar-refractivity contribution in [1.29, 1.82) is 0 Å². The lowest BCUT2D eigenvalue weighted by Gasteiger charge is -2.34. The van der Waals surface area contributed by atoms with Gasteiger partial charge in [0.1, 0.15) is 12.5 Å². The number of nitro groups is 1. The highest BCUT2D eigenvalue weighted by atomic mass is 16.7. The van der Waals surface area contributed by atoms with Crippen molar-refractivity contribution in [2.45, 2.75) is 19.1 Å². The van der Waals surface area contributed by atoms with Gasteiger partial charge in [0.15, 0.2) is 6.20 Å². The minimum atomic E-state index is -0.488. The van der Waals surface area contributed by atoms with Crippen molar-refractivity contribution in [3.8, 4) is 0 Å². The second kappa shape index (κ2) is 5.36. The van der Waals surface area contributed by atoms with Crippen LogP contribution < -0.4 is 4.90 Å². The van der Waals surface area contributed by atoms with Crippen LogP contribution in [0.5, 0.6) is 0 Å². The van der Waals surface area contributed by atoms with Crippen molar-refractivity contribution in [3.63, 3.8) is 0 Å². The molecule has 0 saturated carbocycles. The maximum atomic E-state index is 10.6. The molecule has 20 heavy (non-hydrogen) atoms. The molecule has 0 radical (unpaired) electrons. The first-order valence-electron chi connectivity index (χ1n) is 6.55. The molecule has 0 bridgehead atoms. The fraction of sp³-hybridized carbons (Fsp3) is 0.462. The number of rotatable bonds is 3. The predicted octanol–water partition coefficient (Wildman–Crippen LogP) is 2.05. The molecule has 3 rings (SSSR count). The van der Waals surface area contributed by atoms with Crippen LogP contribution >= 0.6 is 0 Å². The quantitative estimate of drug-likeness (QED) is 0.621. The summed E-state index contributed by atoms with van der Waals surface area (Å²) in [4.78, 5) is 16.1. The van der Waals surface area contributed by atoms with Crippen molar-refractivity contribution in [2.75, 3.05) is 18.0 Å². The van der Waals surface area contributed by atoms with Gasteiger partial charge in [0, 0.05) is 25.1 Å². The van der Waals surface area contributed by atoms with Gasteiger partial charge < -0.3 is 24.5 Å². The van der Waals surface area contributed by atoms with Crippen LogP contribution in [-0.2, 0) is 9.47 Å². The molecule has 1 aromatic heterocycles. The first kappa shape index (κ1) is 12.7. The van der Waals surface area contributed by atoms with Crippen LogP contribution in [-0.4, -0.2) is 29.3 Å². The Bertz CT molecular complexity index is 501. The molecule has 1 saturated heterocycles. The van der Waals surface area contributed by atoms with E-state index < -0.39 is 4.92 Å². The van der Waals surface area contributed by atoms with Crippen LogP contribution in [0, 0.1) is 16.0 Å². The summed E-state index contributed by atoms with van der Waals surface area (Å²) >= 11 is 0. The lowest BCUT2D eigenvalue weighted by molar-refractivity contribution is -0.389. The van der Waals surface area contributed by atoms with Crippen LogP contribution in [0.1, 0.15) is 12.8 Å². The molecule has 2 aliphatic rings. The molecular formula is C13H15N3O4. The van der Waals surface area contributed by atoms with E-state index in [0.29, 0.717) is 5.92 Å². The van der Waals surface area contributed by atoms with E-state index in [9.17, 15) is 10.1 Å². The number of ether oxygens (including phenoxy) is 2. The SMILES string of the molecule is O=[N+]([O-])c1ccc(N2CCC(C3OC=CO3)CC2)cn1. The van der Waals surface area contributed by atoms with Crippen molar-refractivity contribution >= 4 is 11.5 Å². The summed E-state index contributed by atoms with van der Waals surface area (Å²) in [5.74, 6) is 0.259. The lowest BCUT2D eigenvalue weighted by atomic mass is 9.96. The minimum Gasteiger partial charge on any atom is -0.459 e.